The normalized spacial score (nSPS) is 15.8. The van der Waals surface area contributed by atoms with Crippen LogP contribution in [0.25, 0.3) is 0 Å². The van der Waals surface area contributed by atoms with E-state index in [1.807, 2.05) is 5.38 Å². The van der Waals surface area contributed by atoms with Crippen molar-refractivity contribution in [1.29, 1.82) is 0 Å². The number of hydrogen-bond donors (Lipinski definition) is 2. The van der Waals surface area contributed by atoms with Gasteiger partial charge in [0.1, 0.15) is 0 Å². The smallest absolute Gasteiger partial charge is 0.303 e. The summed E-state index contributed by atoms with van der Waals surface area (Å²) >= 11 is 1.56. The molecule has 0 spiro atoms. The zero-order chi connectivity index (χ0) is 13.5. The van der Waals surface area contributed by atoms with E-state index in [1.165, 1.54) is 25.9 Å². The summed E-state index contributed by atoms with van der Waals surface area (Å²) in [7, 11) is 0. The van der Waals surface area contributed by atoms with E-state index in [-0.39, 0.29) is 6.42 Å². The molecule has 0 aliphatic carbocycles. The van der Waals surface area contributed by atoms with E-state index in [2.05, 4.69) is 15.2 Å². The largest absolute Gasteiger partial charge is 0.481 e. The molecule has 1 fully saturated rings. The molecule has 19 heavy (non-hydrogen) atoms. The Balaban J connectivity index is 1.61. The molecule has 0 saturated carbocycles. The van der Waals surface area contributed by atoms with Gasteiger partial charge in [-0.3, -0.25) is 4.79 Å². The number of likely N-dealkylation sites (tertiary alicyclic amines) is 1. The Morgan fingerprint density at radius 3 is 3.00 bits per heavy atom. The number of anilines is 1. The number of carbonyl (C=O) groups is 1. The van der Waals surface area contributed by atoms with Crippen molar-refractivity contribution >= 4 is 22.4 Å². The van der Waals surface area contributed by atoms with E-state index in [9.17, 15) is 4.79 Å². The van der Waals surface area contributed by atoms with Crippen LogP contribution in [0.15, 0.2) is 5.38 Å². The standard InChI is InChI=1S/C13H21N3O2S/c17-12(18)5-4-11-10-19-13(15-11)14-6-3-9-16-7-1-2-8-16/h10H,1-9H2,(H,14,15)(H,17,18). The highest BCUT2D eigenvalue weighted by Crippen LogP contribution is 2.16. The maximum absolute atomic E-state index is 10.5. The topological polar surface area (TPSA) is 65.5 Å². The number of rotatable bonds is 8. The summed E-state index contributed by atoms with van der Waals surface area (Å²) in [6.45, 7) is 4.58. The number of aryl methyl sites for hydroxylation is 1. The van der Waals surface area contributed by atoms with Gasteiger partial charge < -0.3 is 15.3 Å². The lowest BCUT2D eigenvalue weighted by Crippen LogP contribution is -2.22. The molecule has 0 unspecified atom stereocenters. The Morgan fingerprint density at radius 2 is 2.26 bits per heavy atom. The number of thiazole rings is 1. The summed E-state index contributed by atoms with van der Waals surface area (Å²) in [5.41, 5.74) is 0.870. The van der Waals surface area contributed by atoms with Crippen LogP contribution in [0.1, 0.15) is 31.4 Å². The van der Waals surface area contributed by atoms with Crippen LogP contribution in [0.5, 0.6) is 0 Å². The zero-order valence-electron chi connectivity index (χ0n) is 11.1. The highest BCUT2D eigenvalue weighted by Gasteiger charge is 2.10. The molecule has 1 aliphatic rings. The fraction of sp³-hybridized carbons (Fsp3) is 0.692. The lowest BCUT2D eigenvalue weighted by atomic mass is 10.2. The number of nitrogens with zero attached hydrogens (tertiary/aromatic N) is 2. The van der Waals surface area contributed by atoms with Gasteiger partial charge in [0.05, 0.1) is 12.1 Å². The van der Waals surface area contributed by atoms with Crippen LogP contribution in [0, 0.1) is 0 Å². The second-order valence-corrected chi connectivity index (χ2v) is 5.72. The number of hydrogen-bond acceptors (Lipinski definition) is 5. The van der Waals surface area contributed by atoms with Gasteiger partial charge in [-0.25, -0.2) is 4.98 Å². The van der Waals surface area contributed by atoms with E-state index >= 15 is 0 Å². The van der Waals surface area contributed by atoms with Crippen molar-refractivity contribution < 1.29 is 9.90 Å². The number of nitrogens with one attached hydrogen (secondary N) is 1. The third-order valence-corrected chi connectivity index (χ3v) is 4.12. The van der Waals surface area contributed by atoms with Gasteiger partial charge in [0.15, 0.2) is 5.13 Å². The third kappa shape index (κ3) is 5.16. The summed E-state index contributed by atoms with van der Waals surface area (Å²) in [4.78, 5) is 17.4. The van der Waals surface area contributed by atoms with E-state index in [0.717, 1.165) is 30.3 Å². The maximum atomic E-state index is 10.5. The molecular weight excluding hydrogens is 262 g/mol. The van der Waals surface area contributed by atoms with Crippen LogP contribution in [0.3, 0.4) is 0 Å². The first-order chi connectivity index (χ1) is 9.24. The van der Waals surface area contributed by atoms with Crippen LogP contribution < -0.4 is 5.32 Å². The maximum Gasteiger partial charge on any atom is 0.303 e. The lowest BCUT2D eigenvalue weighted by molar-refractivity contribution is -0.136. The van der Waals surface area contributed by atoms with Crippen molar-refractivity contribution in [3.63, 3.8) is 0 Å². The second-order valence-electron chi connectivity index (χ2n) is 4.87. The van der Waals surface area contributed by atoms with Crippen LogP contribution in [-0.2, 0) is 11.2 Å². The molecule has 5 nitrogen and oxygen atoms in total. The van der Waals surface area contributed by atoms with Crippen molar-refractivity contribution in [1.82, 2.24) is 9.88 Å². The molecule has 2 N–H and O–H groups in total. The number of aromatic nitrogens is 1. The van der Waals surface area contributed by atoms with Crippen molar-refractivity contribution in [3.05, 3.63) is 11.1 Å². The Morgan fingerprint density at radius 1 is 1.47 bits per heavy atom. The minimum absolute atomic E-state index is 0.151. The highest BCUT2D eigenvalue weighted by atomic mass is 32.1. The fourth-order valence-corrected chi connectivity index (χ4v) is 3.02. The fourth-order valence-electron chi connectivity index (χ4n) is 2.24. The molecule has 0 amide bonds. The van der Waals surface area contributed by atoms with Gasteiger partial charge in [-0.05, 0) is 38.9 Å². The van der Waals surface area contributed by atoms with Crippen LogP contribution >= 0.6 is 11.3 Å². The minimum atomic E-state index is -0.770. The van der Waals surface area contributed by atoms with Gasteiger partial charge in [-0.15, -0.1) is 11.3 Å². The quantitative estimate of drug-likeness (QED) is 0.715. The van der Waals surface area contributed by atoms with Crippen molar-refractivity contribution in [3.8, 4) is 0 Å². The molecule has 0 aromatic carbocycles. The molecule has 6 heteroatoms. The number of carboxylic acids is 1. The average Bonchev–Trinajstić information content (AvgIpc) is 3.04. The predicted molar refractivity (Wildman–Crippen MR) is 76.9 cm³/mol. The minimum Gasteiger partial charge on any atom is -0.481 e. The molecule has 2 heterocycles. The zero-order valence-corrected chi connectivity index (χ0v) is 11.9. The molecule has 1 saturated heterocycles. The second kappa shape index (κ2) is 7.45. The number of carboxylic acid groups (broad SMARTS) is 1. The summed E-state index contributed by atoms with van der Waals surface area (Å²) in [5.74, 6) is -0.770. The SMILES string of the molecule is O=C(O)CCc1csc(NCCCN2CCCC2)n1. The van der Waals surface area contributed by atoms with E-state index in [1.54, 1.807) is 11.3 Å². The summed E-state index contributed by atoms with van der Waals surface area (Å²) in [5, 5.41) is 14.8. The van der Waals surface area contributed by atoms with Crippen LogP contribution in [0.4, 0.5) is 5.13 Å². The first kappa shape index (κ1) is 14.3. The Kier molecular flexibility index (Phi) is 5.60. The summed E-state index contributed by atoms with van der Waals surface area (Å²) in [6, 6.07) is 0. The van der Waals surface area contributed by atoms with Crippen molar-refractivity contribution in [2.45, 2.75) is 32.1 Å². The predicted octanol–water partition coefficient (Wildman–Crippen LogP) is 2.06. The van der Waals surface area contributed by atoms with Crippen LogP contribution in [0.2, 0.25) is 0 Å². The molecule has 1 aromatic rings. The molecule has 0 radical (unpaired) electrons. The van der Waals surface area contributed by atoms with E-state index < -0.39 is 5.97 Å². The Hall–Kier alpha value is -1.14. The highest BCUT2D eigenvalue weighted by molar-refractivity contribution is 7.13. The van der Waals surface area contributed by atoms with Crippen molar-refractivity contribution in [2.24, 2.45) is 0 Å². The van der Waals surface area contributed by atoms with Gasteiger partial charge in [0, 0.05) is 18.3 Å². The molecular formula is C13H21N3O2S. The van der Waals surface area contributed by atoms with Gasteiger partial charge in [0.2, 0.25) is 0 Å². The molecule has 0 bridgehead atoms. The first-order valence-electron chi connectivity index (χ1n) is 6.86. The van der Waals surface area contributed by atoms with Gasteiger partial charge in [0.25, 0.3) is 0 Å². The summed E-state index contributed by atoms with van der Waals surface area (Å²) in [6.07, 6.45) is 4.48. The molecule has 2 rings (SSSR count). The first-order valence-corrected chi connectivity index (χ1v) is 7.74. The van der Waals surface area contributed by atoms with Gasteiger partial charge >= 0.3 is 5.97 Å². The van der Waals surface area contributed by atoms with Gasteiger partial charge in [-0.2, -0.15) is 0 Å². The molecule has 1 aliphatic heterocycles. The molecule has 0 atom stereocenters. The van der Waals surface area contributed by atoms with Crippen LogP contribution in [-0.4, -0.2) is 47.1 Å². The molecule has 106 valence electrons. The Labute approximate surface area is 117 Å². The Bertz CT molecular complexity index is 402. The summed E-state index contributed by atoms with van der Waals surface area (Å²) < 4.78 is 0. The lowest BCUT2D eigenvalue weighted by Gasteiger charge is -2.13. The van der Waals surface area contributed by atoms with E-state index in [0.29, 0.717) is 6.42 Å². The average molecular weight is 283 g/mol. The third-order valence-electron chi connectivity index (χ3n) is 3.27. The molecule has 1 aromatic heterocycles. The monoisotopic (exact) mass is 283 g/mol. The number of aliphatic carboxylic acids is 1. The van der Waals surface area contributed by atoms with E-state index in [4.69, 9.17) is 5.11 Å². The van der Waals surface area contributed by atoms with Crippen molar-refractivity contribution in [2.75, 3.05) is 31.5 Å². The van der Waals surface area contributed by atoms with Gasteiger partial charge in [-0.1, -0.05) is 0 Å².